The van der Waals surface area contributed by atoms with Gasteiger partial charge in [0.15, 0.2) is 0 Å². The lowest BCUT2D eigenvalue weighted by Gasteiger charge is -2.12. The molecule has 3 rings (SSSR count). The molecule has 0 atom stereocenters. The molecule has 0 aliphatic carbocycles. The van der Waals surface area contributed by atoms with Gasteiger partial charge in [-0.25, -0.2) is 9.97 Å². The number of nitrogens with zero attached hydrogens (tertiary/aromatic N) is 2. The first-order chi connectivity index (χ1) is 13.8. The highest BCUT2D eigenvalue weighted by Gasteiger charge is 2.13. The normalized spacial score (nSPS) is 10.3. The Morgan fingerprint density at radius 1 is 0.862 bits per heavy atom. The van der Waals surface area contributed by atoms with E-state index >= 15 is 0 Å². The van der Waals surface area contributed by atoms with E-state index in [9.17, 15) is 9.59 Å². The number of aryl methyl sites for hydroxylation is 2. The van der Waals surface area contributed by atoms with Gasteiger partial charge in [-0.15, -0.1) is 0 Å². The quantitative estimate of drug-likeness (QED) is 0.603. The molecule has 0 saturated carbocycles. The van der Waals surface area contributed by atoms with E-state index in [-0.39, 0.29) is 17.5 Å². The summed E-state index contributed by atoms with van der Waals surface area (Å²) < 4.78 is 0. The van der Waals surface area contributed by atoms with Gasteiger partial charge in [0, 0.05) is 30.1 Å². The van der Waals surface area contributed by atoms with Gasteiger partial charge in [0.1, 0.15) is 17.3 Å². The molecule has 29 heavy (non-hydrogen) atoms. The molecule has 1 aromatic heterocycles. The van der Waals surface area contributed by atoms with Gasteiger partial charge in [-0.05, 0) is 62.2 Å². The van der Waals surface area contributed by atoms with Crippen LogP contribution in [0.3, 0.4) is 0 Å². The lowest BCUT2D eigenvalue weighted by molar-refractivity contribution is -0.114. The Bertz CT molecular complexity index is 1060. The van der Waals surface area contributed by atoms with Crippen molar-refractivity contribution in [3.8, 4) is 0 Å². The van der Waals surface area contributed by atoms with Crippen LogP contribution in [0.2, 0.25) is 0 Å². The van der Waals surface area contributed by atoms with E-state index < -0.39 is 0 Å². The minimum Gasteiger partial charge on any atom is -0.340 e. The predicted molar refractivity (Wildman–Crippen MR) is 115 cm³/mol. The Morgan fingerprint density at radius 2 is 1.55 bits per heavy atom. The van der Waals surface area contributed by atoms with Crippen molar-refractivity contribution in [2.75, 3.05) is 16.0 Å². The monoisotopic (exact) mass is 389 g/mol. The number of rotatable bonds is 5. The number of anilines is 4. The number of aromatic nitrogens is 2. The SMILES string of the molecule is CC(=O)Nc1ccc(Nc2cc(C(=O)Nc3cccc(C)c3C)nc(C)n2)cc1. The molecule has 0 aliphatic heterocycles. The van der Waals surface area contributed by atoms with Crippen molar-refractivity contribution in [1.29, 1.82) is 0 Å². The lowest BCUT2D eigenvalue weighted by atomic mass is 10.1. The number of nitrogens with one attached hydrogen (secondary N) is 3. The van der Waals surface area contributed by atoms with Gasteiger partial charge in [-0.3, -0.25) is 9.59 Å². The van der Waals surface area contributed by atoms with E-state index in [1.165, 1.54) is 6.92 Å². The zero-order valence-electron chi connectivity index (χ0n) is 16.8. The third-order valence-corrected chi connectivity index (χ3v) is 4.40. The van der Waals surface area contributed by atoms with E-state index in [1.54, 1.807) is 25.1 Å². The largest absolute Gasteiger partial charge is 0.340 e. The second-order valence-electron chi connectivity index (χ2n) is 6.77. The Morgan fingerprint density at radius 3 is 2.24 bits per heavy atom. The average Bonchev–Trinajstić information content (AvgIpc) is 2.66. The van der Waals surface area contributed by atoms with Crippen LogP contribution in [0.4, 0.5) is 22.9 Å². The molecule has 7 heteroatoms. The summed E-state index contributed by atoms with van der Waals surface area (Å²) in [6.45, 7) is 7.16. The van der Waals surface area contributed by atoms with Crippen LogP contribution in [-0.4, -0.2) is 21.8 Å². The van der Waals surface area contributed by atoms with Crippen LogP contribution in [-0.2, 0) is 4.79 Å². The number of benzene rings is 2. The summed E-state index contributed by atoms with van der Waals surface area (Å²) in [7, 11) is 0. The maximum Gasteiger partial charge on any atom is 0.274 e. The lowest BCUT2D eigenvalue weighted by Crippen LogP contribution is -2.16. The van der Waals surface area contributed by atoms with Crippen molar-refractivity contribution in [2.24, 2.45) is 0 Å². The van der Waals surface area contributed by atoms with E-state index in [0.29, 0.717) is 17.3 Å². The standard InChI is InChI=1S/C22H23N5O2/c1-13-6-5-7-19(14(13)2)27-22(29)20-12-21(24-15(3)23-20)26-18-10-8-17(9-11-18)25-16(4)28/h5-12H,1-4H3,(H,25,28)(H,27,29)(H,23,24,26). The molecule has 3 N–H and O–H groups in total. The number of carbonyl (C=O) groups excluding carboxylic acids is 2. The van der Waals surface area contributed by atoms with E-state index in [0.717, 1.165) is 22.5 Å². The van der Waals surface area contributed by atoms with Crippen molar-refractivity contribution in [3.05, 3.63) is 71.2 Å². The summed E-state index contributed by atoms with van der Waals surface area (Å²) in [6, 6.07) is 14.6. The Labute approximate surface area is 169 Å². The molecule has 0 bridgehead atoms. The number of hydrogen-bond acceptors (Lipinski definition) is 5. The van der Waals surface area contributed by atoms with Crippen LogP contribution in [0.15, 0.2) is 48.5 Å². The van der Waals surface area contributed by atoms with Crippen molar-refractivity contribution in [2.45, 2.75) is 27.7 Å². The molecular weight excluding hydrogens is 366 g/mol. The van der Waals surface area contributed by atoms with E-state index in [4.69, 9.17) is 0 Å². The van der Waals surface area contributed by atoms with Gasteiger partial charge in [0.2, 0.25) is 5.91 Å². The molecule has 7 nitrogen and oxygen atoms in total. The average molecular weight is 389 g/mol. The topological polar surface area (TPSA) is 96.0 Å². The second-order valence-corrected chi connectivity index (χ2v) is 6.77. The van der Waals surface area contributed by atoms with E-state index in [1.807, 2.05) is 44.2 Å². The van der Waals surface area contributed by atoms with Crippen molar-refractivity contribution >= 4 is 34.7 Å². The van der Waals surface area contributed by atoms with Crippen LogP contribution in [0.25, 0.3) is 0 Å². The molecule has 2 amide bonds. The summed E-state index contributed by atoms with van der Waals surface area (Å²) in [6.07, 6.45) is 0. The first kappa shape index (κ1) is 20.0. The molecule has 0 unspecified atom stereocenters. The molecule has 0 spiro atoms. The number of hydrogen-bond donors (Lipinski definition) is 3. The Balaban J connectivity index is 1.78. The minimum atomic E-state index is -0.298. The predicted octanol–water partition coefficient (Wildman–Crippen LogP) is 4.36. The minimum absolute atomic E-state index is 0.128. The molecule has 0 aliphatic rings. The van der Waals surface area contributed by atoms with E-state index in [2.05, 4.69) is 25.9 Å². The molecule has 3 aromatic rings. The fraction of sp³-hybridized carbons (Fsp3) is 0.182. The molecule has 0 saturated heterocycles. The zero-order chi connectivity index (χ0) is 21.0. The molecule has 0 fully saturated rings. The smallest absolute Gasteiger partial charge is 0.274 e. The summed E-state index contributed by atoms with van der Waals surface area (Å²) in [4.78, 5) is 32.4. The maximum absolute atomic E-state index is 12.7. The Kier molecular flexibility index (Phi) is 5.87. The van der Waals surface area contributed by atoms with Gasteiger partial charge in [0.25, 0.3) is 5.91 Å². The summed E-state index contributed by atoms with van der Waals surface area (Å²) in [5.41, 5.74) is 4.63. The van der Waals surface area contributed by atoms with Gasteiger partial charge in [-0.2, -0.15) is 0 Å². The van der Waals surface area contributed by atoms with Gasteiger partial charge in [-0.1, -0.05) is 12.1 Å². The number of amides is 2. The highest BCUT2D eigenvalue weighted by molar-refractivity contribution is 6.03. The molecular formula is C22H23N5O2. The van der Waals surface area contributed by atoms with Crippen molar-refractivity contribution in [1.82, 2.24) is 9.97 Å². The zero-order valence-corrected chi connectivity index (χ0v) is 16.8. The van der Waals surface area contributed by atoms with Crippen molar-refractivity contribution in [3.63, 3.8) is 0 Å². The second kappa shape index (κ2) is 8.52. The fourth-order valence-corrected chi connectivity index (χ4v) is 2.81. The van der Waals surface area contributed by atoms with Gasteiger partial charge < -0.3 is 16.0 Å². The highest BCUT2D eigenvalue weighted by Crippen LogP contribution is 2.21. The van der Waals surface area contributed by atoms with Crippen LogP contribution in [0.1, 0.15) is 34.4 Å². The third-order valence-electron chi connectivity index (χ3n) is 4.40. The number of carbonyl (C=O) groups is 2. The van der Waals surface area contributed by atoms with Crippen LogP contribution >= 0.6 is 0 Å². The first-order valence-electron chi connectivity index (χ1n) is 9.20. The summed E-state index contributed by atoms with van der Waals surface area (Å²) in [5, 5.41) is 8.79. The summed E-state index contributed by atoms with van der Waals surface area (Å²) in [5.74, 6) is 0.566. The van der Waals surface area contributed by atoms with Crippen LogP contribution < -0.4 is 16.0 Å². The van der Waals surface area contributed by atoms with Crippen LogP contribution in [0, 0.1) is 20.8 Å². The highest BCUT2D eigenvalue weighted by atomic mass is 16.2. The molecule has 2 aromatic carbocycles. The molecule has 148 valence electrons. The first-order valence-corrected chi connectivity index (χ1v) is 9.20. The third kappa shape index (κ3) is 5.16. The molecule has 0 radical (unpaired) electrons. The Hall–Kier alpha value is -3.74. The summed E-state index contributed by atoms with van der Waals surface area (Å²) >= 11 is 0. The maximum atomic E-state index is 12.7. The van der Waals surface area contributed by atoms with Crippen LogP contribution in [0.5, 0.6) is 0 Å². The molecule has 1 heterocycles. The van der Waals surface area contributed by atoms with Gasteiger partial charge >= 0.3 is 0 Å². The van der Waals surface area contributed by atoms with Crippen molar-refractivity contribution < 1.29 is 9.59 Å². The van der Waals surface area contributed by atoms with Gasteiger partial charge in [0.05, 0.1) is 0 Å². The fourth-order valence-electron chi connectivity index (χ4n) is 2.81.